The largest absolute Gasteiger partial charge is 0.338 e. The van der Waals surface area contributed by atoms with Gasteiger partial charge in [0.2, 0.25) is 5.91 Å². The second-order valence-electron chi connectivity index (χ2n) is 4.28. The number of halogens is 1. The maximum Gasteiger partial charge on any atom is 0.328 e. The molecule has 7 heteroatoms. The van der Waals surface area contributed by atoms with Crippen molar-refractivity contribution in [3.63, 3.8) is 0 Å². The highest BCUT2D eigenvalue weighted by atomic mass is 35.5. The van der Waals surface area contributed by atoms with Gasteiger partial charge in [0, 0.05) is 18.8 Å². The zero-order chi connectivity index (χ0) is 13.3. The Morgan fingerprint density at radius 1 is 1.56 bits per heavy atom. The summed E-state index contributed by atoms with van der Waals surface area (Å²) in [7, 11) is 0. The van der Waals surface area contributed by atoms with Crippen LogP contribution in [0.2, 0.25) is 5.02 Å². The smallest absolute Gasteiger partial charge is 0.328 e. The minimum atomic E-state index is -0.639. The summed E-state index contributed by atoms with van der Waals surface area (Å²) in [4.78, 5) is 38.4. The van der Waals surface area contributed by atoms with Crippen molar-refractivity contribution in [1.29, 1.82) is 0 Å². The van der Waals surface area contributed by atoms with Crippen molar-refractivity contribution >= 4 is 17.5 Å². The molecule has 1 aromatic rings. The molecule has 0 radical (unpaired) electrons. The number of nitrogens with one attached hydrogen (secondary N) is 1. The molecule has 98 valence electrons. The molecule has 0 atom stereocenters. The topological polar surface area (TPSA) is 75.2 Å². The molecule has 0 saturated heterocycles. The van der Waals surface area contributed by atoms with Gasteiger partial charge in [0.05, 0.1) is 0 Å². The number of rotatable bonds is 4. The Morgan fingerprint density at radius 3 is 2.78 bits per heavy atom. The lowest BCUT2D eigenvalue weighted by Crippen LogP contribution is -2.39. The maximum atomic E-state index is 12.0. The number of amides is 1. The molecule has 0 unspecified atom stereocenters. The van der Waals surface area contributed by atoms with E-state index in [1.54, 1.807) is 4.90 Å². The van der Waals surface area contributed by atoms with Crippen LogP contribution in [0.4, 0.5) is 0 Å². The van der Waals surface area contributed by atoms with E-state index in [0.717, 1.165) is 17.4 Å². The zero-order valence-electron chi connectivity index (χ0n) is 9.98. The fourth-order valence-corrected chi connectivity index (χ4v) is 2.03. The number of aromatic amines is 1. The average molecular weight is 272 g/mol. The van der Waals surface area contributed by atoms with E-state index < -0.39 is 11.2 Å². The van der Waals surface area contributed by atoms with Crippen LogP contribution >= 0.6 is 11.6 Å². The average Bonchev–Trinajstić information content (AvgIpc) is 3.11. The summed E-state index contributed by atoms with van der Waals surface area (Å²) in [6.45, 7) is 2.42. The molecule has 1 fully saturated rings. The lowest BCUT2D eigenvalue weighted by molar-refractivity contribution is -0.132. The van der Waals surface area contributed by atoms with Crippen molar-refractivity contribution in [3.05, 3.63) is 32.1 Å². The highest BCUT2D eigenvalue weighted by Crippen LogP contribution is 2.26. The lowest BCUT2D eigenvalue weighted by atomic mass is 10.4. The second-order valence-corrected chi connectivity index (χ2v) is 4.68. The first-order valence-electron chi connectivity index (χ1n) is 5.81. The third kappa shape index (κ3) is 2.64. The predicted octanol–water partition coefficient (Wildman–Crippen LogP) is 0.201. The van der Waals surface area contributed by atoms with Crippen LogP contribution in [-0.2, 0) is 11.3 Å². The Bertz CT molecular complexity index is 574. The summed E-state index contributed by atoms with van der Waals surface area (Å²) in [5, 5.41) is -0.100. The highest BCUT2D eigenvalue weighted by molar-refractivity contribution is 6.30. The maximum absolute atomic E-state index is 12.0. The molecule has 1 heterocycles. The SMILES string of the molecule is CCN(C(=O)Cn1cc(Cl)c(=O)[nH]c1=O)C1CC1. The summed E-state index contributed by atoms with van der Waals surface area (Å²) in [5.74, 6) is -0.134. The van der Waals surface area contributed by atoms with E-state index in [-0.39, 0.29) is 17.5 Å². The van der Waals surface area contributed by atoms with Gasteiger partial charge in [-0.25, -0.2) is 4.79 Å². The van der Waals surface area contributed by atoms with Crippen LogP contribution in [0.3, 0.4) is 0 Å². The predicted molar refractivity (Wildman–Crippen MR) is 66.7 cm³/mol. The van der Waals surface area contributed by atoms with E-state index in [2.05, 4.69) is 4.98 Å². The Morgan fingerprint density at radius 2 is 2.22 bits per heavy atom. The lowest BCUT2D eigenvalue weighted by Gasteiger charge is -2.20. The van der Waals surface area contributed by atoms with Gasteiger partial charge < -0.3 is 4.90 Å². The first kappa shape index (κ1) is 12.9. The minimum Gasteiger partial charge on any atom is -0.338 e. The molecule has 18 heavy (non-hydrogen) atoms. The van der Waals surface area contributed by atoms with Crippen LogP contribution in [-0.4, -0.2) is 32.9 Å². The van der Waals surface area contributed by atoms with Gasteiger partial charge in [-0.05, 0) is 19.8 Å². The minimum absolute atomic E-state index is 0.0975. The summed E-state index contributed by atoms with van der Waals surface area (Å²) in [6, 6.07) is 0.302. The quantitative estimate of drug-likeness (QED) is 0.850. The van der Waals surface area contributed by atoms with Gasteiger partial charge in [-0.1, -0.05) is 11.6 Å². The standard InChI is InChI=1S/C11H14ClN3O3/c1-2-15(7-3-4-7)9(16)6-14-5-8(12)10(17)13-11(14)18/h5,7H,2-4,6H2,1H3,(H,13,17,18). The van der Waals surface area contributed by atoms with Crippen molar-refractivity contribution < 1.29 is 4.79 Å². The third-order valence-corrected chi connectivity index (χ3v) is 3.19. The van der Waals surface area contributed by atoms with E-state index in [4.69, 9.17) is 11.6 Å². The normalized spacial score (nSPS) is 14.6. The summed E-state index contributed by atoms with van der Waals surface area (Å²) in [6.07, 6.45) is 3.23. The molecule has 1 aromatic heterocycles. The van der Waals surface area contributed by atoms with Crippen molar-refractivity contribution in [1.82, 2.24) is 14.5 Å². The Labute approximate surface area is 108 Å². The van der Waals surface area contributed by atoms with E-state index >= 15 is 0 Å². The fraction of sp³-hybridized carbons (Fsp3) is 0.545. The van der Waals surface area contributed by atoms with Crippen LogP contribution in [0.15, 0.2) is 15.8 Å². The fourth-order valence-electron chi connectivity index (χ4n) is 1.86. The van der Waals surface area contributed by atoms with Crippen LogP contribution in [0.5, 0.6) is 0 Å². The molecule has 6 nitrogen and oxygen atoms in total. The van der Waals surface area contributed by atoms with E-state index in [1.165, 1.54) is 6.20 Å². The molecule has 1 amide bonds. The highest BCUT2D eigenvalue weighted by Gasteiger charge is 2.31. The van der Waals surface area contributed by atoms with Gasteiger partial charge in [0.1, 0.15) is 11.6 Å². The van der Waals surface area contributed by atoms with Gasteiger partial charge >= 0.3 is 5.69 Å². The molecule has 0 aromatic carbocycles. The first-order chi connectivity index (χ1) is 8.52. The van der Waals surface area contributed by atoms with Gasteiger partial charge in [-0.15, -0.1) is 0 Å². The van der Waals surface area contributed by atoms with E-state index in [9.17, 15) is 14.4 Å². The van der Waals surface area contributed by atoms with Gasteiger partial charge in [-0.3, -0.25) is 19.1 Å². The molecule has 1 aliphatic rings. The zero-order valence-corrected chi connectivity index (χ0v) is 10.7. The van der Waals surface area contributed by atoms with Crippen LogP contribution in [0, 0.1) is 0 Å². The van der Waals surface area contributed by atoms with Gasteiger partial charge in [0.25, 0.3) is 5.56 Å². The van der Waals surface area contributed by atoms with Crippen molar-refractivity contribution in [2.45, 2.75) is 32.4 Å². The van der Waals surface area contributed by atoms with E-state index in [1.807, 2.05) is 6.92 Å². The number of likely N-dealkylation sites (N-methyl/N-ethyl adjacent to an activating group) is 1. The molecule has 0 aliphatic heterocycles. The number of hydrogen-bond acceptors (Lipinski definition) is 3. The van der Waals surface area contributed by atoms with Crippen LogP contribution in [0.25, 0.3) is 0 Å². The molecule has 0 bridgehead atoms. The second kappa shape index (κ2) is 4.97. The molecule has 1 N–H and O–H groups in total. The van der Waals surface area contributed by atoms with Crippen LogP contribution < -0.4 is 11.2 Å². The van der Waals surface area contributed by atoms with E-state index in [0.29, 0.717) is 12.6 Å². The number of aromatic nitrogens is 2. The number of hydrogen-bond donors (Lipinski definition) is 1. The third-order valence-electron chi connectivity index (χ3n) is 2.92. The number of carbonyl (C=O) groups is 1. The summed E-state index contributed by atoms with van der Waals surface area (Å²) < 4.78 is 1.12. The Hall–Kier alpha value is -1.56. The van der Waals surface area contributed by atoms with Crippen LogP contribution in [0.1, 0.15) is 19.8 Å². The Kier molecular flexibility index (Phi) is 3.56. The number of nitrogens with zero attached hydrogens (tertiary/aromatic N) is 2. The molecule has 1 saturated carbocycles. The molecule has 2 rings (SSSR count). The van der Waals surface area contributed by atoms with Gasteiger partial charge in [0.15, 0.2) is 0 Å². The summed E-state index contributed by atoms with van der Waals surface area (Å²) >= 11 is 5.63. The Balaban J connectivity index is 2.18. The van der Waals surface area contributed by atoms with Gasteiger partial charge in [-0.2, -0.15) is 0 Å². The molecule has 0 spiro atoms. The monoisotopic (exact) mass is 271 g/mol. The number of H-pyrrole nitrogens is 1. The summed E-state index contributed by atoms with van der Waals surface area (Å²) in [5.41, 5.74) is -1.26. The van der Waals surface area contributed by atoms with Crippen molar-refractivity contribution in [2.24, 2.45) is 0 Å². The first-order valence-corrected chi connectivity index (χ1v) is 6.19. The molecular formula is C11H14ClN3O3. The van der Waals surface area contributed by atoms with Crippen molar-refractivity contribution in [2.75, 3.05) is 6.54 Å². The molecule has 1 aliphatic carbocycles. The molecular weight excluding hydrogens is 258 g/mol. The number of carbonyl (C=O) groups excluding carboxylic acids is 1. The van der Waals surface area contributed by atoms with Crippen molar-refractivity contribution in [3.8, 4) is 0 Å².